The lowest BCUT2D eigenvalue weighted by molar-refractivity contribution is 0.329. The molecule has 0 unspecified atom stereocenters. The van der Waals surface area contributed by atoms with Gasteiger partial charge in [-0.25, -0.2) is 4.68 Å². The van der Waals surface area contributed by atoms with Crippen molar-refractivity contribution in [3.05, 3.63) is 70.5 Å². The van der Waals surface area contributed by atoms with E-state index in [9.17, 15) is 0 Å². The van der Waals surface area contributed by atoms with E-state index in [1.807, 2.05) is 16.8 Å². The molecule has 4 rings (SSSR count). The van der Waals surface area contributed by atoms with Crippen molar-refractivity contribution < 1.29 is 0 Å². The number of rotatable bonds is 3. The van der Waals surface area contributed by atoms with Crippen molar-refractivity contribution in [3.8, 4) is 0 Å². The predicted octanol–water partition coefficient (Wildman–Crippen LogP) is 4.62. The summed E-state index contributed by atoms with van der Waals surface area (Å²) in [4.78, 5) is 2.43. The van der Waals surface area contributed by atoms with Gasteiger partial charge in [-0.15, -0.1) is 5.10 Å². The maximum atomic E-state index is 6.15. The maximum absolute atomic E-state index is 6.15. The van der Waals surface area contributed by atoms with Crippen LogP contribution in [-0.2, 0) is 12.0 Å². The first-order chi connectivity index (χ1) is 12.9. The molecular weight excluding hydrogens is 358 g/mol. The molecular formula is C21H24ClN5. The summed E-state index contributed by atoms with van der Waals surface area (Å²) in [5.74, 6) is 0.849. The zero-order valence-electron chi connectivity index (χ0n) is 15.9. The molecule has 0 radical (unpaired) electrons. The predicted molar refractivity (Wildman–Crippen MR) is 108 cm³/mol. The molecule has 0 amide bonds. The van der Waals surface area contributed by atoms with Gasteiger partial charge in [0.2, 0.25) is 0 Å². The van der Waals surface area contributed by atoms with Crippen LogP contribution in [0.4, 0.5) is 5.69 Å². The Morgan fingerprint density at radius 2 is 1.78 bits per heavy atom. The summed E-state index contributed by atoms with van der Waals surface area (Å²) in [5.41, 5.74) is 3.56. The van der Waals surface area contributed by atoms with Gasteiger partial charge in [0.1, 0.15) is 6.04 Å². The minimum Gasteiger partial charge on any atom is -0.357 e. The van der Waals surface area contributed by atoms with Gasteiger partial charge < -0.3 is 4.90 Å². The molecule has 0 aliphatic carbocycles. The molecule has 6 heteroatoms. The van der Waals surface area contributed by atoms with Gasteiger partial charge in [0.25, 0.3) is 0 Å². The zero-order chi connectivity index (χ0) is 19.0. The van der Waals surface area contributed by atoms with Crippen LogP contribution >= 0.6 is 11.6 Å². The first-order valence-electron chi connectivity index (χ1n) is 9.34. The third kappa shape index (κ3) is 3.44. The summed E-state index contributed by atoms with van der Waals surface area (Å²) in [7, 11) is 0. The number of nitrogens with zero attached hydrogens (tertiary/aromatic N) is 5. The van der Waals surface area contributed by atoms with Crippen LogP contribution in [0.15, 0.2) is 48.5 Å². The first-order valence-corrected chi connectivity index (χ1v) is 9.72. The minimum atomic E-state index is -0.210. The quantitative estimate of drug-likeness (QED) is 0.663. The van der Waals surface area contributed by atoms with Gasteiger partial charge in [-0.3, -0.25) is 0 Å². The summed E-state index contributed by atoms with van der Waals surface area (Å²) in [5, 5.41) is 13.5. The Morgan fingerprint density at radius 3 is 2.52 bits per heavy atom. The Kier molecular flexibility index (Phi) is 4.64. The van der Waals surface area contributed by atoms with E-state index in [0.717, 1.165) is 35.8 Å². The standard InChI is InChI=1S/C21H24ClN5/c1-21(2,3)27-20(23-24-25-27)19(16-10-12-17(22)13-11-16)26-14-6-8-15-7-4-5-9-18(15)26/h4-5,7,9-13,19H,6,8,14H2,1-3H3/t19-/m1/s1. The summed E-state index contributed by atoms with van der Waals surface area (Å²) in [6.45, 7) is 7.32. The van der Waals surface area contributed by atoms with Crippen LogP contribution in [0.5, 0.6) is 0 Å². The van der Waals surface area contributed by atoms with Crippen LogP contribution in [0.25, 0.3) is 0 Å². The van der Waals surface area contributed by atoms with E-state index in [4.69, 9.17) is 11.6 Å². The van der Waals surface area contributed by atoms with Crippen LogP contribution in [0.2, 0.25) is 5.02 Å². The average Bonchev–Trinajstić information content (AvgIpc) is 3.14. The van der Waals surface area contributed by atoms with Crippen molar-refractivity contribution in [1.82, 2.24) is 20.2 Å². The largest absolute Gasteiger partial charge is 0.357 e. The molecule has 0 bridgehead atoms. The summed E-state index contributed by atoms with van der Waals surface area (Å²) in [6, 6.07) is 16.6. The molecule has 27 heavy (non-hydrogen) atoms. The topological polar surface area (TPSA) is 46.8 Å². The third-order valence-electron chi connectivity index (χ3n) is 5.02. The SMILES string of the molecule is CC(C)(C)n1nnnc1[C@@H](c1ccc(Cl)cc1)N1CCCc2ccccc21. The van der Waals surface area contributed by atoms with Gasteiger partial charge >= 0.3 is 0 Å². The highest BCUT2D eigenvalue weighted by molar-refractivity contribution is 6.30. The van der Waals surface area contributed by atoms with Gasteiger partial charge in [-0.05, 0) is 73.4 Å². The molecule has 1 aliphatic heterocycles. The molecule has 140 valence electrons. The van der Waals surface area contributed by atoms with Crippen molar-refractivity contribution in [2.45, 2.75) is 45.2 Å². The number of aromatic nitrogens is 4. The molecule has 0 spiro atoms. The summed E-state index contributed by atoms with van der Waals surface area (Å²) < 4.78 is 1.93. The maximum Gasteiger partial charge on any atom is 0.178 e. The molecule has 0 saturated carbocycles. The van der Waals surface area contributed by atoms with Crippen molar-refractivity contribution in [3.63, 3.8) is 0 Å². The average molecular weight is 382 g/mol. The molecule has 1 atom stereocenters. The van der Waals surface area contributed by atoms with E-state index < -0.39 is 0 Å². The number of tetrazole rings is 1. The molecule has 2 heterocycles. The number of anilines is 1. The fourth-order valence-electron chi connectivity index (χ4n) is 3.79. The molecule has 0 saturated heterocycles. The Bertz CT molecular complexity index is 926. The molecule has 0 fully saturated rings. The van der Waals surface area contributed by atoms with Crippen LogP contribution in [0.3, 0.4) is 0 Å². The van der Waals surface area contributed by atoms with Gasteiger partial charge in [0.05, 0.1) is 5.54 Å². The summed E-state index contributed by atoms with van der Waals surface area (Å²) >= 11 is 6.15. The van der Waals surface area contributed by atoms with E-state index in [0.29, 0.717) is 0 Å². The van der Waals surface area contributed by atoms with Gasteiger partial charge in [-0.2, -0.15) is 0 Å². The van der Waals surface area contributed by atoms with Crippen molar-refractivity contribution in [2.75, 3.05) is 11.4 Å². The molecule has 1 aliphatic rings. The van der Waals surface area contributed by atoms with E-state index in [-0.39, 0.29) is 11.6 Å². The van der Waals surface area contributed by atoms with Crippen LogP contribution < -0.4 is 4.90 Å². The van der Waals surface area contributed by atoms with Gasteiger partial charge in [0.15, 0.2) is 5.82 Å². The monoisotopic (exact) mass is 381 g/mol. The van der Waals surface area contributed by atoms with Crippen LogP contribution in [-0.4, -0.2) is 26.8 Å². The lowest BCUT2D eigenvalue weighted by Crippen LogP contribution is -2.38. The molecule has 5 nitrogen and oxygen atoms in total. The number of fused-ring (bicyclic) bond motifs is 1. The van der Waals surface area contributed by atoms with E-state index in [1.165, 1.54) is 11.3 Å². The lowest BCUT2D eigenvalue weighted by Gasteiger charge is -2.38. The number of hydrogen-bond acceptors (Lipinski definition) is 4. The van der Waals surface area contributed by atoms with Gasteiger partial charge in [0, 0.05) is 17.3 Å². The number of benzene rings is 2. The van der Waals surface area contributed by atoms with E-state index in [2.05, 4.69) is 77.6 Å². The second-order valence-corrected chi connectivity index (χ2v) is 8.44. The fraction of sp³-hybridized carbons (Fsp3) is 0.381. The van der Waals surface area contributed by atoms with E-state index in [1.54, 1.807) is 0 Å². The van der Waals surface area contributed by atoms with Crippen molar-refractivity contribution >= 4 is 17.3 Å². The molecule has 0 N–H and O–H groups in total. The molecule has 1 aromatic heterocycles. The van der Waals surface area contributed by atoms with Crippen LogP contribution in [0.1, 0.15) is 50.2 Å². The highest BCUT2D eigenvalue weighted by Gasteiger charge is 2.33. The second-order valence-electron chi connectivity index (χ2n) is 8.00. The number of para-hydroxylation sites is 1. The minimum absolute atomic E-state index is 0.0714. The van der Waals surface area contributed by atoms with E-state index >= 15 is 0 Å². The first kappa shape index (κ1) is 18.0. The third-order valence-corrected chi connectivity index (χ3v) is 5.27. The Labute approximate surface area is 165 Å². The Morgan fingerprint density at radius 1 is 1.04 bits per heavy atom. The Hall–Kier alpha value is -2.40. The molecule has 3 aromatic rings. The number of hydrogen-bond donors (Lipinski definition) is 0. The fourth-order valence-corrected chi connectivity index (χ4v) is 3.91. The molecule has 2 aromatic carbocycles. The van der Waals surface area contributed by atoms with Crippen LogP contribution in [0, 0.1) is 0 Å². The number of aryl methyl sites for hydroxylation is 1. The van der Waals surface area contributed by atoms with Crippen molar-refractivity contribution in [1.29, 1.82) is 0 Å². The number of halogens is 1. The second kappa shape index (κ2) is 6.97. The smallest absolute Gasteiger partial charge is 0.178 e. The zero-order valence-corrected chi connectivity index (χ0v) is 16.7. The summed E-state index contributed by atoms with van der Waals surface area (Å²) in [6.07, 6.45) is 2.21. The lowest BCUT2D eigenvalue weighted by atomic mass is 9.96. The highest BCUT2D eigenvalue weighted by atomic mass is 35.5. The normalized spacial score (nSPS) is 15.5. The Balaban J connectivity index is 1.89. The van der Waals surface area contributed by atoms with Gasteiger partial charge in [-0.1, -0.05) is 41.9 Å². The van der Waals surface area contributed by atoms with Crippen molar-refractivity contribution in [2.24, 2.45) is 0 Å². The highest BCUT2D eigenvalue weighted by Crippen LogP contribution is 2.38.